The maximum absolute atomic E-state index is 11.6. The van der Waals surface area contributed by atoms with Crippen molar-refractivity contribution in [1.29, 1.82) is 0 Å². The van der Waals surface area contributed by atoms with E-state index in [9.17, 15) is 9.59 Å². The molecule has 1 heterocycles. The van der Waals surface area contributed by atoms with Crippen LogP contribution >= 0.6 is 15.9 Å². The van der Waals surface area contributed by atoms with Gasteiger partial charge in [0.1, 0.15) is 4.60 Å². The third-order valence-corrected chi connectivity index (χ3v) is 3.17. The van der Waals surface area contributed by atoms with E-state index in [-0.39, 0.29) is 12.3 Å². The smallest absolute Gasteiger partial charge is 0.303 e. The highest BCUT2D eigenvalue weighted by molar-refractivity contribution is 9.10. The summed E-state index contributed by atoms with van der Waals surface area (Å²) in [6.07, 6.45) is 3.09. The molecule has 0 aromatic carbocycles. The van der Waals surface area contributed by atoms with Crippen molar-refractivity contribution >= 4 is 33.5 Å². The molecule has 18 heavy (non-hydrogen) atoms. The van der Waals surface area contributed by atoms with Crippen LogP contribution in [-0.2, 0) is 9.59 Å². The van der Waals surface area contributed by atoms with Gasteiger partial charge in [-0.25, -0.2) is 4.98 Å². The summed E-state index contributed by atoms with van der Waals surface area (Å²) in [5, 5.41) is 11.2. The molecule has 0 atom stereocenters. The number of aryl methyl sites for hydroxylation is 1. The highest BCUT2D eigenvalue weighted by Crippen LogP contribution is 2.17. The van der Waals surface area contributed by atoms with Crippen LogP contribution in [0.15, 0.2) is 16.9 Å². The number of unbranched alkanes of at least 4 members (excludes halogenated alkanes) is 1. The molecule has 0 radical (unpaired) electrons. The van der Waals surface area contributed by atoms with Crippen molar-refractivity contribution in [3.63, 3.8) is 0 Å². The molecule has 1 rings (SSSR count). The summed E-state index contributed by atoms with van der Waals surface area (Å²) in [6.45, 7) is 1.89. The maximum Gasteiger partial charge on any atom is 0.303 e. The Morgan fingerprint density at radius 2 is 2.06 bits per heavy atom. The standard InChI is InChI=1S/C12H15BrN2O3/c1-8-6-9(7-14-12(8)13)15-10(16)4-2-3-5-11(17)18/h6-7H,2-5H2,1H3,(H,15,16)(H,17,18). The van der Waals surface area contributed by atoms with E-state index in [4.69, 9.17) is 5.11 Å². The van der Waals surface area contributed by atoms with E-state index in [0.717, 1.165) is 10.2 Å². The number of carbonyl (C=O) groups excluding carboxylic acids is 1. The summed E-state index contributed by atoms with van der Waals surface area (Å²) < 4.78 is 0.752. The van der Waals surface area contributed by atoms with E-state index in [1.54, 1.807) is 6.20 Å². The van der Waals surface area contributed by atoms with Gasteiger partial charge in [-0.3, -0.25) is 9.59 Å². The van der Waals surface area contributed by atoms with Crippen LogP contribution < -0.4 is 5.32 Å². The van der Waals surface area contributed by atoms with Crippen molar-refractivity contribution in [2.24, 2.45) is 0 Å². The summed E-state index contributed by atoms with van der Waals surface area (Å²) >= 11 is 3.28. The number of nitrogens with zero attached hydrogens (tertiary/aromatic N) is 1. The summed E-state index contributed by atoms with van der Waals surface area (Å²) in [7, 11) is 0. The first kappa shape index (κ1) is 14.6. The van der Waals surface area contributed by atoms with E-state index in [1.165, 1.54) is 0 Å². The number of carbonyl (C=O) groups is 2. The summed E-state index contributed by atoms with van der Waals surface area (Å²) in [4.78, 5) is 25.9. The molecule has 0 fully saturated rings. The Morgan fingerprint density at radius 3 is 2.67 bits per heavy atom. The van der Waals surface area contributed by atoms with Crippen LogP contribution in [0.2, 0.25) is 0 Å². The number of carboxylic acids is 1. The third kappa shape index (κ3) is 5.27. The normalized spacial score (nSPS) is 10.1. The Labute approximate surface area is 114 Å². The van der Waals surface area contributed by atoms with Crippen LogP contribution in [-0.4, -0.2) is 22.0 Å². The predicted molar refractivity (Wildman–Crippen MR) is 71.4 cm³/mol. The second-order valence-corrected chi connectivity index (χ2v) is 4.73. The van der Waals surface area contributed by atoms with Crippen molar-refractivity contribution in [2.75, 3.05) is 5.32 Å². The zero-order valence-corrected chi connectivity index (χ0v) is 11.7. The van der Waals surface area contributed by atoms with Gasteiger partial charge >= 0.3 is 5.97 Å². The number of rotatable bonds is 6. The number of nitrogens with one attached hydrogen (secondary N) is 1. The fourth-order valence-electron chi connectivity index (χ4n) is 1.41. The Balaban J connectivity index is 2.35. The molecule has 2 N–H and O–H groups in total. The van der Waals surface area contributed by atoms with Gasteiger partial charge < -0.3 is 10.4 Å². The van der Waals surface area contributed by atoms with Gasteiger partial charge in [0.05, 0.1) is 11.9 Å². The average molecular weight is 315 g/mol. The second kappa shape index (κ2) is 7.10. The van der Waals surface area contributed by atoms with Crippen LogP contribution in [0.5, 0.6) is 0 Å². The first-order valence-corrected chi connectivity index (χ1v) is 6.42. The van der Waals surface area contributed by atoms with Gasteiger partial charge in [-0.1, -0.05) is 0 Å². The third-order valence-electron chi connectivity index (χ3n) is 2.34. The van der Waals surface area contributed by atoms with Crippen LogP contribution in [0.1, 0.15) is 31.2 Å². The van der Waals surface area contributed by atoms with E-state index in [0.29, 0.717) is 24.9 Å². The highest BCUT2D eigenvalue weighted by Gasteiger charge is 2.05. The fraction of sp³-hybridized carbons (Fsp3) is 0.417. The second-order valence-electron chi connectivity index (χ2n) is 3.98. The molecule has 1 amide bonds. The Kier molecular flexibility index (Phi) is 5.77. The Bertz CT molecular complexity index is 449. The molecule has 5 nitrogen and oxygen atoms in total. The molecule has 0 bridgehead atoms. The lowest BCUT2D eigenvalue weighted by molar-refractivity contribution is -0.137. The average Bonchev–Trinajstić information content (AvgIpc) is 2.29. The van der Waals surface area contributed by atoms with Gasteiger partial charge in [-0.2, -0.15) is 0 Å². The molecule has 0 spiro atoms. The molecule has 6 heteroatoms. The monoisotopic (exact) mass is 314 g/mol. The van der Waals surface area contributed by atoms with E-state index in [2.05, 4.69) is 26.2 Å². The number of pyridine rings is 1. The highest BCUT2D eigenvalue weighted by atomic mass is 79.9. The fourth-order valence-corrected chi connectivity index (χ4v) is 1.63. The maximum atomic E-state index is 11.6. The van der Waals surface area contributed by atoms with Crippen molar-refractivity contribution in [2.45, 2.75) is 32.6 Å². The molecule has 0 saturated heterocycles. The molecule has 0 aliphatic rings. The number of aliphatic carboxylic acids is 1. The first-order chi connectivity index (χ1) is 8.49. The molecule has 1 aromatic rings. The Hall–Kier alpha value is -1.43. The zero-order valence-electron chi connectivity index (χ0n) is 10.1. The van der Waals surface area contributed by atoms with Crippen molar-refractivity contribution in [3.05, 3.63) is 22.4 Å². The van der Waals surface area contributed by atoms with Gasteiger partial charge in [-0.05, 0) is 47.3 Å². The minimum absolute atomic E-state index is 0.103. The SMILES string of the molecule is Cc1cc(NC(=O)CCCCC(=O)O)cnc1Br. The molecule has 0 aliphatic carbocycles. The van der Waals surface area contributed by atoms with Crippen molar-refractivity contribution < 1.29 is 14.7 Å². The van der Waals surface area contributed by atoms with Gasteiger partial charge in [-0.15, -0.1) is 0 Å². The number of hydrogen-bond acceptors (Lipinski definition) is 3. The number of amides is 1. The van der Waals surface area contributed by atoms with E-state index >= 15 is 0 Å². The quantitative estimate of drug-likeness (QED) is 0.625. The van der Waals surface area contributed by atoms with Crippen LogP contribution in [0.4, 0.5) is 5.69 Å². The first-order valence-electron chi connectivity index (χ1n) is 5.63. The van der Waals surface area contributed by atoms with Gasteiger partial charge in [0.15, 0.2) is 0 Å². The largest absolute Gasteiger partial charge is 0.481 e. The van der Waals surface area contributed by atoms with Crippen molar-refractivity contribution in [1.82, 2.24) is 4.98 Å². The lowest BCUT2D eigenvalue weighted by Gasteiger charge is -2.06. The molecular formula is C12H15BrN2O3. The predicted octanol–water partition coefficient (Wildman–Crippen LogP) is 2.74. The molecule has 0 aliphatic heterocycles. The number of hydrogen-bond donors (Lipinski definition) is 2. The molecular weight excluding hydrogens is 300 g/mol. The summed E-state index contributed by atoms with van der Waals surface area (Å²) in [5.41, 5.74) is 1.60. The molecule has 0 unspecified atom stereocenters. The van der Waals surface area contributed by atoms with Crippen molar-refractivity contribution in [3.8, 4) is 0 Å². The number of aromatic nitrogens is 1. The number of halogens is 1. The minimum atomic E-state index is -0.830. The van der Waals surface area contributed by atoms with Crippen LogP contribution in [0.3, 0.4) is 0 Å². The Morgan fingerprint density at radius 1 is 1.39 bits per heavy atom. The summed E-state index contributed by atoms with van der Waals surface area (Å²) in [5.74, 6) is -0.952. The molecule has 0 saturated carbocycles. The minimum Gasteiger partial charge on any atom is -0.481 e. The molecule has 98 valence electrons. The number of carboxylic acid groups (broad SMARTS) is 1. The topological polar surface area (TPSA) is 79.3 Å². The van der Waals surface area contributed by atoms with Gasteiger partial charge in [0.25, 0.3) is 0 Å². The molecule has 1 aromatic heterocycles. The summed E-state index contributed by atoms with van der Waals surface area (Å²) in [6, 6.07) is 1.83. The van der Waals surface area contributed by atoms with Gasteiger partial charge in [0.2, 0.25) is 5.91 Å². The van der Waals surface area contributed by atoms with Crippen LogP contribution in [0.25, 0.3) is 0 Å². The van der Waals surface area contributed by atoms with E-state index in [1.807, 2.05) is 13.0 Å². The zero-order chi connectivity index (χ0) is 13.5. The number of anilines is 1. The van der Waals surface area contributed by atoms with Crippen LogP contribution in [0, 0.1) is 6.92 Å². The lowest BCUT2D eigenvalue weighted by Crippen LogP contribution is -2.11. The van der Waals surface area contributed by atoms with Gasteiger partial charge in [0, 0.05) is 12.8 Å². The van der Waals surface area contributed by atoms with E-state index < -0.39 is 5.97 Å². The lowest BCUT2D eigenvalue weighted by atomic mass is 10.2.